The summed E-state index contributed by atoms with van der Waals surface area (Å²) in [6.45, 7) is 4.63. The molecule has 1 saturated heterocycles. The fraction of sp³-hybridized carbons (Fsp3) is 0.312. The third-order valence-corrected chi connectivity index (χ3v) is 9.10. The molecule has 2 aromatic heterocycles. The number of alkyl halides is 1. The Morgan fingerprint density at radius 3 is 2.66 bits per heavy atom. The summed E-state index contributed by atoms with van der Waals surface area (Å²) < 4.78 is 61.7. The first-order valence-corrected chi connectivity index (χ1v) is 16.2. The number of allylic oxidation sites excluding steroid dienone is 1. The van der Waals surface area contributed by atoms with Gasteiger partial charge in [-0.05, 0) is 55.1 Å². The Bertz CT molecular complexity index is 1900. The molecule has 9 nitrogen and oxygen atoms in total. The maximum atomic E-state index is 15.2. The average molecular weight is 619 g/mol. The van der Waals surface area contributed by atoms with Gasteiger partial charge in [0.05, 0.1) is 28.5 Å². The van der Waals surface area contributed by atoms with Gasteiger partial charge in [-0.25, -0.2) is 32.2 Å². The van der Waals surface area contributed by atoms with Crippen molar-refractivity contribution >= 4 is 32.3 Å². The van der Waals surface area contributed by atoms with E-state index in [4.69, 9.17) is 4.74 Å². The summed E-state index contributed by atoms with van der Waals surface area (Å²) in [6.07, 6.45) is 5.02. The molecule has 2 atom stereocenters. The lowest BCUT2D eigenvalue weighted by Crippen LogP contribution is -2.44. The zero-order valence-electron chi connectivity index (χ0n) is 24.3. The van der Waals surface area contributed by atoms with E-state index in [1.165, 1.54) is 6.07 Å². The van der Waals surface area contributed by atoms with Gasteiger partial charge in [0.2, 0.25) is 11.8 Å². The maximum Gasteiger partial charge on any atom is 0.228 e. The summed E-state index contributed by atoms with van der Waals surface area (Å²) in [6, 6.07) is 11.5. The predicted molar refractivity (Wildman–Crippen MR) is 167 cm³/mol. The van der Waals surface area contributed by atoms with Gasteiger partial charge in [-0.3, -0.25) is 4.99 Å². The van der Waals surface area contributed by atoms with E-state index in [0.29, 0.717) is 65.4 Å². The van der Waals surface area contributed by atoms with Gasteiger partial charge in [0.1, 0.15) is 17.7 Å². The molecule has 0 aliphatic carbocycles. The van der Waals surface area contributed by atoms with Gasteiger partial charge in [0.25, 0.3) is 0 Å². The molecule has 6 rings (SSSR count). The van der Waals surface area contributed by atoms with Gasteiger partial charge >= 0.3 is 0 Å². The first-order chi connectivity index (χ1) is 21.1. The number of aromatic nitrogens is 3. The Hall–Kier alpha value is -4.29. The zero-order chi connectivity index (χ0) is 30.8. The second-order valence-electron chi connectivity index (χ2n) is 11.2. The topological polar surface area (TPSA) is 118 Å². The number of halogens is 2. The number of aryl methyl sites for hydroxylation is 1. The molecule has 0 radical (unpaired) electrons. The van der Waals surface area contributed by atoms with E-state index in [2.05, 4.69) is 30.6 Å². The van der Waals surface area contributed by atoms with Crippen LogP contribution in [0.5, 0.6) is 11.6 Å². The van der Waals surface area contributed by atoms with Crippen LogP contribution in [-0.4, -0.2) is 60.1 Å². The van der Waals surface area contributed by atoms with E-state index in [-0.39, 0.29) is 23.2 Å². The molecule has 0 spiro atoms. The number of fused-ring (bicyclic) bond motifs is 1. The summed E-state index contributed by atoms with van der Waals surface area (Å²) in [7, 11) is -3.71. The van der Waals surface area contributed by atoms with Crippen molar-refractivity contribution < 1.29 is 21.9 Å². The van der Waals surface area contributed by atoms with Crippen molar-refractivity contribution in [2.24, 2.45) is 4.99 Å². The number of benzene rings is 2. The molecule has 4 heterocycles. The van der Waals surface area contributed by atoms with Crippen molar-refractivity contribution in [2.75, 3.05) is 24.2 Å². The largest absolute Gasteiger partial charge is 0.437 e. The first kappa shape index (κ1) is 29.8. The van der Waals surface area contributed by atoms with Gasteiger partial charge in [-0.2, -0.15) is 0 Å². The standard InChI is InChI=1S/C32H32F2N6O3S/c1-19-5-8-24-25(9-10-28(34)27(24)18-44(41,42)17-22-7-6-20(2)38-22)30(19)43-31-26(4-3-12-36-31)29-11-13-37-32(40-29)39-23-14-21(33)15-35-16-23/h3-5,7-13,21,23,35H,6,14-18H2,1-2H3,(H,37,39,40)/t21-,23-/m0/s1. The van der Waals surface area contributed by atoms with Crippen LogP contribution in [0.15, 0.2) is 71.6 Å². The molecule has 1 fully saturated rings. The van der Waals surface area contributed by atoms with Crippen molar-refractivity contribution in [1.29, 1.82) is 0 Å². The quantitative estimate of drug-likeness (QED) is 0.245. The minimum Gasteiger partial charge on any atom is -0.437 e. The van der Waals surface area contributed by atoms with Crippen LogP contribution >= 0.6 is 0 Å². The highest BCUT2D eigenvalue weighted by atomic mass is 32.2. The Morgan fingerprint density at radius 2 is 1.86 bits per heavy atom. The molecule has 2 aromatic carbocycles. The predicted octanol–water partition coefficient (Wildman–Crippen LogP) is 5.71. The number of nitrogens with one attached hydrogen (secondary N) is 2. The van der Waals surface area contributed by atoms with Gasteiger partial charge in [-0.15, -0.1) is 0 Å². The third-order valence-electron chi connectivity index (χ3n) is 7.63. The van der Waals surface area contributed by atoms with E-state index >= 15 is 4.39 Å². The molecule has 0 unspecified atom stereocenters. The van der Waals surface area contributed by atoms with Crippen LogP contribution < -0.4 is 15.4 Å². The highest BCUT2D eigenvalue weighted by molar-refractivity contribution is 7.90. The van der Waals surface area contributed by atoms with Crippen LogP contribution in [0, 0.1) is 12.7 Å². The Morgan fingerprint density at radius 1 is 1.02 bits per heavy atom. The molecule has 12 heteroatoms. The Kier molecular flexibility index (Phi) is 8.37. The minimum atomic E-state index is -3.71. The molecule has 0 saturated carbocycles. The molecule has 228 valence electrons. The number of ether oxygens (including phenoxy) is 1. The fourth-order valence-corrected chi connectivity index (χ4v) is 6.99. The highest BCUT2D eigenvalue weighted by Gasteiger charge is 2.24. The van der Waals surface area contributed by atoms with Gasteiger partial charge < -0.3 is 15.4 Å². The van der Waals surface area contributed by atoms with Crippen LogP contribution in [0.3, 0.4) is 0 Å². The average Bonchev–Trinajstić information content (AvgIpc) is 3.39. The number of hydrogen-bond donors (Lipinski definition) is 2. The highest BCUT2D eigenvalue weighted by Crippen LogP contribution is 2.38. The molecule has 44 heavy (non-hydrogen) atoms. The maximum absolute atomic E-state index is 15.2. The van der Waals surface area contributed by atoms with E-state index in [0.717, 1.165) is 11.3 Å². The van der Waals surface area contributed by atoms with Crippen molar-refractivity contribution in [3.63, 3.8) is 0 Å². The lowest BCUT2D eigenvalue weighted by molar-refractivity contribution is 0.254. The number of nitrogens with zero attached hydrogens (tertiary/aromatic N) is 4. The zero-order valence-corrected chi connectivity index (χ0v) is 25.2. The molecule has 2 aliphatic rings. The summed E-state index contributed by atoms with van der Waals surface area (Å²) in [5.74, 6) is -0.299. The molecular weight excluding hydrogens is 586 g/mol. The lowest BCUT2D eigenvalue weighted by Gasteiger charge is -2.26. The van der Waals surface area contributed by atoms with Gasteiger partial charge in [-0.1, -0.05) is 18.2 Å². The van der Waals surface area contributed by atoms with Crippen molar-refractivity contribution in [1.82, 2.24) is 20.3 Å². The Balaban J connectivity index is 1.31. The third kappa shape index (κ3) is 6.61. The van der Waals surface area contributed by atoms with Crippen molar-refractivity contribution in [3.05, 3.63) is 83.6 Å². The molecule has 2 N–H and O–H groups in total. The number of piperidine rings is 1. The van der Waals surface area contributed by atoms with Crippen molar-refractivity contribution in [3.8, 4) is 22.9 Å². The smallest absolute Gasteiger partial charge is 0.228 e. The Labute approximate surface area is 254 Å². The SMILES string of the molecule is CC1=NC(CS(=O)(=O)Cc2c(F)ccc3c(Oc4ncccc4-c4ccnc(N[C@@H]5CNC[C@@H](F)C5)n4)c(C)ccc23)=CC1. The summed E-state index contributed by atoms with van der Waals surface area (Å²) >= 11 is 0. The molecular formula is C32H32F2N6O3S. The van der Waals surface area contributed by atoms with Crippen LogP contribution in [-0.2, 0) is 15.6 Å². The number of sulfone groups is 1. The van der Waals surface area contributed by atoms with Crippen molar-refractivity contribution in [2.45, 2.75) is 44.7 Å². The summed E-state index contributed by atoms with van der Waals surface area (Å²) in [5.41, 5.74) is 3.30. The number of hydrogen-bond acceptors (Lipinski definition) is 9. The summed E-state index contributed by atoms with van der Waals surface area (Å²) in [5, 5.41) is 7.25. The van der Waals surface area contributed by atoms with Crippen LogP contribution in [0.1, 0.15) is 30.9 Å². The molecule has 0 bridgehead atoms. The normalized spacial score (nSPS) is 18.6. The summed E-state index contributed by atoms with van der Waals surface area (Å²) in [4.78, 5) is 17.7. The van der Waals surface area contributed by atoms with E-state index < -0.39 is 27.6 Å². The molecule has 2 aliphatic heterocycles. The first-order valence-electron chi connectivity index (χ1n) is 14.4. The van der Waals surface area contributed by atoms with Gasteiger partial charge in [0, 0.05) is 61.0 Å². The number of aliphatic imine (C=N–C) groups is 1. The number of pyridine rings is 1. The number of anilines is 1. The van der Waals surface area contributed by atoms with Crippen LogP contribution in [0.25, 0.3) is 22.0 Å². The second kappa shape index (κ2) is 12.4. The fourth-order valence-electron chi connectivity index (χ4n) is 5.52. The lowest BCUT2D eigenvalue weighted by atomic mass is 10.0. The van der Waals surface area contributed by atoms with Crippen LogP contribution in [0.4, 0.5) is 14.7 Å². The molecule has 4 aromatic rings. The van der Waals surface area contributed by atoms with E-state index in [1.54, 1.807) is 48.8 Å². The van der Waals surface area contributed by atoms with Gasteiger partial charge in [0.15, 0.2) is 9.84 Å². The van der Waals surface area contributed by atoms with Crippen LogP contribution in [0.2, 0.25) is 0 Å². The molecule has 0 amide bonds. The number of rotatable bonds is 9. The minimum absolute atomic E-state index is 0.0760. The monoisotopic (exact) mass is 618 g/mol. The van der Waals surface area contributed by atoms with E-state index in [1.807, 2.05) is 19.9 Å². The second-order valence-corrected chi connectivity index (χ2v) is 13.2. The van der Waals surface area contributed by atoms with E-state index in [9.17, 15) is 12.8 Å².